The van der Waals surface area contributed by atoms with Gasteiger partial charge in [-0.2, -0.15) is 0 Å². The van der Waals surface area contributed by atoms with Gasteiger partial charge in [0.25, 0.3) is 0 Å². The van der Waals surface area contributed by atoms with Crippen LogP contribution in [0.5, 0.6) is 0 Å². The number of rotatable bonds is 4. The molecule has 0 spiro atoms. The maximum atomic E-state index is 10.2. The lowest BCUT2D eigenvalue weighted by molar-refractivity contribution is -0.402. The van der Waals surface area contributed by atoms with Crippen molar-refractivity contribution in [1.82, 2.24) is 0 Å². The third-order valence-electron chi connectivity index (χ3n) is 1.58. The number of furan rings is 1. The van der Waals surface area contributed by atoms with Crippen LogP contribution in [0.25, 0.3) is 0 Å². The normalized spacial score (nSPS) is 11.5. The van der Waals surface area contributed by atoms with Crippen LogP contribution in [-0.2, 0) is 0 Å². The summed E-state index contributed by atoms with van der Waals surface area (Å²) in [6.45, 7) is 3.51. The van der Waals surface area contributed by atoms with Crippen LogP contribution >= 0.6 is 12.4 Å². The van der Waals surface area contributed by atoms with Gasteiger partial charge in [-0.05, 0) is 12.5 Å². The molecule has 0 bridgehead atoms. The van der Waals surface area contributed by atoms with Crippen LogP contribution in [0.3, 0.4) is 0 Å². The Morgan fingerprint density at radius 2 is 2.36 bits per heavy atom. The van der Waals surface area contributed by atoms with Gasteiger partial charge in [-0.25, -0.2) is 0 Å². The highest BCUT2D eigenvalue weighted by molar-refractivity contribution is 5.85. The Kier molecular flexibility index (Phi) is 4.90. The molecule has 0 radical (unpaired) electrons. The van der Waals surface area contributed by atoms with Crippen molar-refractivity contribution in [3.8, 4) is 0 Å². The van der Waals surface area contributed by atoms with Crippen molar-refractivity contribution in [2.24, 2.45) is 5.73 Å². The number of nitro groups is 1. The van der Waals surface area contributed by atoms with Crippen molar-refractivity contribution >= 4 is 18.3 Å². The summed E-state index contributed by atoms with van der Waals surface area (Å²) in [5.74, 6) is 0.126. The molecule has 0 aliphatic carbocycles. The minimum Gasteiger partial charge on any atom is -0.404 e. The lowest BCUT2D eigenvalue weighted by Crippen LogP contribution is -2.07. The second-order valence-corrected chi connectivity index (χ2v) is 2.56. The molecule has 2 N–H and O–H groups in total. The van der Waals surface area contributed by atoms with Crippen molar-refractivity contribution in [1.29, 1.82) is 0 Å². The van der Waals surface area contributed by atoms with E-state index in [9.17, 15) is 10.1 Å². The molecule has 1 aromatic heterocycles. The molecule has 5 nitrogen and oxygen atoms in total. The summed E-state index contributed by atoms with van der Waals surface area (Å²) in [5, 5.41) is 10.2. The summed E-state index contributed by atoms with van der Waals surface area (Å²) < 4.78 is 4.89. The fourth-order valence-corrected chi connectivity index (χ4v) is 0.935. The van der Waals surface area contributed by atoms with Gasteiger partial charge < -0.3 is 10.2 Å². The van der Waals surface area contributed by atoms with Gasteiger partial charge in [-0.1, -0.05) is 6.08 Å². The third kappa shape index (κ3) is 2.86. The molecule has 0 saturated heterocycles. The quantitative estimate of drug-likeness (QED) is 0.477. The highest BCUT2D eigenvalue weighted by Crippen LogP contribution is 2.21. The second kappa shape index (κ2) is 5.41. The van der Waals surface area contributed by atoms with E-state index in [4.69, 9.17) is 10.2 Å². The van der Waals surface area contributed by atoms with Crippen molar-refractivity contribution in [2.45, 2.75) is 12.5 Å². The van der Waals surface area contributed by atoms with Gasteiger partial charge in [-0.15, -0.1) is 19.0 Å². The van der Waals surface area contributed by atoms with Crippen LogP contribution < -0.4 is 5.73 Å². The predicted octanol–water partition coefficient (Wildman–Crippen LogP) is 2.19. The molecule has 1 aromatic rings. The third-order valence-corrected chi connectivity index (χ3v) is 1.58. The first-order chi connectivity index (χ1) is 6.15. The van der Waals surface area contributed by atoms with Crippen molar-refractivity contribution in [3.63, 3.8) is 0 Å². The number of hydrogen-bond donors (Lipinski definition) is 1. The average molecular weight is 219 g/mol. The van der Waals surface area contributed by atoms with E-state index in [1.54, 1.807) is 6.08 Å². The highest BCUT2D eigenvalue weighted by Gasteiger charge is 2.15. The Hall–Kier alpha value is -1.33. The first-order valence-corrected chi connectivity index (χ1v) is 3.75. The molecule has 1 atom stereocenters. The Balaban J connectivity index is 0.00000169. The number of hydrogen-bond acceptors (Lipinski definition) is 4. The maximum Gasteiger partial charge on any atom is 0.433 e. The molecule has 78 valence electrons. The summed E-state index contributed by atoms with van der Waals surface area (Å²) >= 11 is 0. The van der Waals surface area contributed by atoms with E-state index in [-0.39, 0.29) is 24.3 Å². The zero-order valence-electron chi connectivity index (χ0n) is 7.38. The topological polar surface area (TPSA) is 82.3 Å². The number of nitrogens with two attached hydrogens (primary N) is 1. The molecule has 0 saturated carbocycles. The molecule has 1 heterocycles. The molecule has 6 heteroatoms. The largest absolute Gasteiger partial charge is 0.433 e. The van der Waals surface area contributed by atoms with E-state index >= 15 is 0 Å². The van der Waals surface area contributed by atoms with Crippen LogP contribution in [0.1, 0.15) is 18.2 Å². The molecule has 0 aliphatic heterocycles. The maximum absolute atomic E-state index is 10.2. The van der Waals surface area contributed by atoms with E-state index in [2.05, 4.69) is 6.58 Å². The van der Waals surface area contributed by atoms with Crippen LogP contribution in [0, 0.1) is 10.1 Å². The molecule has 14 heavy (non-hydrogen) atoms. The van der Waals surface area contributed by atoms with Crippen molar-refractivity contribution in [3.05, 3.63) is 40.7 Å². The fraction of sp³-hybridized carbons (Fsp3) is 0.250. The number of nitrogens with zero attached hydrogens (tertiary/aromatic N) is 1. The Bertz CT molecular complexity index is 324. The van der Waals surface area contributed by atoms with Crippen LogP contribution in [0.4, 0.5) is 5.88 Å². The Labute approximate surface area is 87.1 Å². The Morgan fingerprint density at radius 1 is 1.71 bits per heavy atom. The standard InChI is InChI=1S/C8H10N2O3.ClH/c1-2-3-6(9)7-4-5-8(13-7)10(11)12;/h2,4-6H,1,3,9H2;1H/t6-;/m1./s1. The molecular weight excluding hydrogens is 208 g/mol. The molecule has 1 rings (SSSR count). The van der Waals surface area contributed by atoms with Crippen molar-refractivity contribution < 1.29 is 9.34 Å². The van der Waals surface area contributed by atoms with Gasteiger partial charge >= 0.3 is 5.88 Å². The zero-order valence-corrected chi connectivity index (χ0v) is 8.20. The lowest BCUT2D eigenvalue weighted by Gasteiger charge is -2.02. The van der Waals surface area contributed by atoms with E-state index in [1.807, 2.05) is 0 Å². The van der Waals surface area contributed by atoms with Gasteiger partial charge in [0, 0.05) is 0 Å². The molecule has 0 fully saturated rings. The SMILES string of the molecule is C=CC[C@@H](N)c1ccc([N+](=O)[O-])o1.Cl. The van der Waals surface area contributed by atoms with E-state index < -0.39 is 4.92 Å². The van der Waals surface area contributed by atoms with Crippen LogP contribution in [0.2, 0.25) is 0 Å². The molecule has 0 aromatic carbocycles. The minimum absolute atomic E-state index is 0. The van der Waals surface area contributed by atoms with Gasteiger partial charge in [0.15, 0.2) is 0 Å². The summed E-state index contributed by atoms with van der Waals surface area (Å²) in [6.07, 6.45) is 2.17. The lowest BCUT2D eigenvalue weighted by atomic mass is 10.2. The Morgan fingerprint density at radius 3 is 2.79 bits per heavy atom. The van der Waals surface area contributed by atoms with Crippen LogP contribution in [0.15, 0.2) is 29.2 Å². The highest BCUT2D eigenvalue weighted by atomic mass is 35.5. The number of halogens is 1. The van der Waals surface area contributed by atoms with Gasteiger partial charge in [0.05, 0.1) is 12.1 Å². The summed E-state index contributed by atoms with van der Waals surface area (Å²) in [4.78, 5) is 9.65. The second-order valence-electron chi connectivity index (χ2n) is 2.56. The summed E-state index contributed by atoms with van der Waals surface area (Å²) in [5.41, 5.74) is 5.63. The van der Waals surface area contributed by atoms with E-state index in [0.29, 0.717) is 12.2 Å². The monoisotopic (exact) mass is 218 g/mol. The smallest absolute Gasteiger partial charge is 0.404 e. The molecular formula is C8H11ClN2O3. The molecule has 0 amide bonds. The first kappa shape index (κ1) is 12.7. The van der Waals surface area contributed by atoms with Gasteiger partial charge in [0.2, 0.25) is 0 Å². The zero-order chi connectivity index (χ0) is 9.84. The fourth-order valence-electron chi connectivity index (χ4n) is 0.935. The van der Waals surface area contributed by atoms with E-state index in [0.717, 1.165) is 0 Å². The summed E-state index contributed by atoms with van der Waals surface area (Å²) in [7, 11) is 0. The van der Waals surface area contributed by atoms with Gasteiger partial charge in [0.1, 0.15) is 10.7 Å². The first-order valence-electron chi connectivity index (χ1n) is 3.75. The van der Waals surface area contributed by atoms with Crippen molar-refractivity contribution in [2.75, 3.05) is 0 Å². The predicted molar refractivity (Wildman–Crippen MR) is 54.4 cm³/mol. The molecule has 0 aliphatic rings. The minimum atomic E-state index is -0.593. The average Bonchev–Trinajstić information content (AvgIpc) is 2.52. The summed E-state index contributed by atoms with van der Waals surface area (Å²) in [6, 6.07) is 2.44. The van der Waals surface area contributed by atoms with E-state index in [1.165, 1.54) is 12.1 Å². The van der Waals surface area contributed by atoms with Gasteiger partial charge in [-0.3, -0.25) is 10.1 Å². The molecule has 0 unspecified atom stereocenters. The van der Waals surface area contributed by atoms with Crippen LogP contribution in [-0.4, -0.2) is 4.92 Å².